The Kier molecular flexibility index (Phi) is 4.43. The summed E-state index contributed by atoms with van der Waals surface area (Å²) in [5.41, 5.74) is 5.07. The van der Waals surface area contributed by atoms with Crippen LogP contribution in [0.15, 0.2) is 12.1 Å². The molecule has 0 aromatic heterocycles. The summed E-state index contributed by atoms with van der Waals surface area (Å²) in [5, 5.41) is 0.737. The summed E-state index contributed by atoms with van der Waals surface area (Å²) in [5.74, 6) is 6.63. The van der Waals surface area contributed by atoms with Crippen LogP contribution in [0.5, 0.6) is 5.75 Å². The van der Waals surface area contributed by atoms with E-state index in [1.165, 1.54) is 5.56 Å². The van der Waals surface area contributed by atoms with E-state index in [4.69, 9.17) is 31.7 Å². The Balaban J connectivity index is 1.78. The average Bonchev–Trinajstić information content (AvgIpc) is 2.93. The van der Waals surface area contributed by atoms with E-state index in [0.717, 1.165) is 22.8 Å². The van der Waals surface area contributed by atoms with E-state index in [0.29, 0.717) is 32.8 Å². The molecule has 0 spiro atoms. The van der Waals surface area contributed by atoms with Gasteiger partial charge in [0.05, 0.1) is 38.6 Å². The molecule has 0 bridgehead atoms. The van der Waals surface area contributed by atoms with Crippen molar-refractivity contribution >= 4 is 11.6 Å². The lowest BCUT2D eigenvalue weighted by Crippen LogP contribution is -2.50. The molecule has 5 nitrogen and oxygen atoms in total. The largest absolute Gasteiger partial charge is 0.493 e. The third-order valence-corrected chi connectivity index (χ3v) is 3.99. The smallest absolute Gasteiger partial charge is 0.125 e. The molecule has 1 aromatic carbocycles. The van der Waals surface area contributed by atoms with Crippen molar-refractivity contribution in [3.63, 3.8) is 0 Å². The molecular weight excluding hydrogens is 280 g/mol. The first-order valence-corrected chi connectivity index (χ1v) is 7.25. The molecule has 2 atom stereocenters. The third kappa shape index (κ3) is 2.92. The van der Waals surface area contributed by atoms with Gasteiger partial charge in [0.1, 0.15) is 5.75 Å². The van der Waals surface area contributed by atoms with Crippen LogP contribution in [0.3, 0.4) is 0 Å². The molecule has 2 aliphatic heterocycles. The SMILES string of the molecule is NNC(Cc1cc(Cl)cc2c1OCC2)C1COCCO1. The normalized spacial score (nSPS) is 23.2. The van der Waals surface area contributed by atoms with Crippen molar-refractivity contribution in [3.05, 3.63) is 28.3 Å². The molecule has 3 N–H and O–H groups in total. The van der Waals surface area contributed by atoms with E-state index < -0.39 is 0 Å². The molecule has 6 heteroatoms. The summed E-state index contributed by atoms with van der Waals surface area (Å²) < 4.78 is 16.9. The number of halogens is 1. The maximum Gasteiger partial charge on any atom is 0.125 e. The number of benzene rings is 1. The van der Waals surface area contributed by atoms with Gasteiger partial charge in [-0.3, -0.25) is 11.3 Å². The van der Waals surface area contributed by atoms with Crippen LogP contribution >= 0.6 is 11.6 Å². The van der Waals surface area contributed by atoms with Gasteiger partial charge in [-0.2, -0.15) is 0 Å². The lowest BCUT2D eigenvalue weighted by Gasteiger charge is -2.30. The third-order valence-electron chi connectivity index (χ3n) is 3.77. The second-order valence-corrected chi connectivity index (χ2v) is 5.55. The van der Waals surface area contributed by atoms with Crippen molar-refractivity contribution in [2.24, 2.45) is 5.84 Å². The number of hydrazine groups is 1. The minimum atomic E-state index is -0.0511. The van der Waals surface area contributed by atoms with Crippen LogP contribution in [0.4, 0.5) is 0 Å². The molecule has 2 aliphatic rings. The van der Waals surface area contributed by atoms with Crippen molar-refractivity contribution < 1.29 is 14.2 Å². The molecule has 20 heavy (non-hydrogen) atoms. The van der Waals surface area contributed by atoms with Gasteiger partial charge in [0.15, 0.2) is 0 Å². The predicted molar refractivity (Wildman–Crippen MR) is 76.0 cm³/mol. The van der Waals surface area contributed by atoms with Gasteiger partial charge in [-0.15, -0.1) is 0 Å². The lowest BCUT2D eigenvalue weighted by molar-refractivity contribution is -0.101. The van der Waals surface area contributed by atoms with Crippen LogP contribution in [0.2, 0.25) is 5.02 Å². The second kappa shape index (κ2) is 6.28. The maximum atomic E-state index is 6.18. The maximum absolute atomic E-state index is 6.18. The van der Waals surface area contributed by atoms with Crippen molar-refractivity contribution in [1.82, 2.24) is 5.43 Å². The Morgan fingerprint density at radius 2 is 2.25 bits per heavy atom. The molecule has 1 saturated heterocycles. The molecule has 1 fully saturated rings. The zero-order valence-corrected chi connectivity index (χ0v) is 12.0. The fourth-order valence-electron chi connectivity index (χ4n) is 2.77. The molecule has 2 unspecified atom stereocenters. The molecule has 0 radical (unpaired) electrons. The average molecular weight is 299 g/mol. The number of ether oxygens (including phenoxy) is 3. The Morgan fingerprint density at radius 1 is 1.35 bits per heavy atom. The van der Waals surface area contributed by atoms with Crippen LogP contribution in [0.25, 0.3) is 0 Å². The standard InChI is InChI=1S/C14H19ClN2O3/c15-11-5-9-1-2-20-14(9)10(6-11)7-12(17-16)13-8-18-3-4-19-13/h5-6,12-13,17H,1-4,7-8,16H2. The van der Waals surface area contributed by atoms with Gasteiger partial charge in [-0.1, -0.05) is 11.6 Å². The monoisotopic (exact) mass is 298 g/mol. The number of nitrogens with one attached hydrogen (secondary N) is 1. The highest BCUT2D eigenvalue weighted by atomic mass is 35.5. The van der Waals surface area contributed by atoms with E-state index >= 15 is 0 Å². The van der Waals surface area contributed by atoms with Crippen LogP contribution in [0.1, 0.15) is 11.1 Å². The molecule has 110 valence electrons. The van der Waals surface area contributed by atoms with Crippen LogP contribution in [-0.4, -0.2) is 38.6 Å². The van der Waals surface area contributed by atoms with Gasteiger partial charge in [0.25, 0.3) is 0 Å². The predicted octanol–water partition coefficient (Wildman–Crippen LogP) is 1.06. The summed E-state index contributed by atoms with van der Waals surface area (Å²) >= 11 is 6.18. The second-order valence-electron chi connectivity index (χ2n) is 5.11. The van der Waals surface area contributed by atoms with Crippen LogP contribution in [-0.2, 0) is 22.3 Å². The number of hydrogen-bond acceptors (Lipinski definition) is 5. The molecule has 3 rings (SSSR count). The lowest BCUT2D eigenvalue weighted by atomic mass is 9.98. The highest BCUT2D eigenvalue weighted by Gasteiger charge is 2.27. The van der Waals surface area contributed by atoms with E-state index in [1.54, 1.807) is 0 Å². The van der Waals surface area contributed by atoms with Gasteiger partial charge in [-0.25, -0.2) is 0 Å². The first-order valence-electron chi connectivity index (χ1n) is 6.87. The fourth-order valence-corrected chi connectivity index (χ4v) is 3.03. The summed E-state index contributed by atoms with van der Waals surface area (Å²) in [6.07, 6.45) is 1.56. The van der Waals surface area contributed by atoms with Gasteiger partial charge >= 0.3 is 0 Å². The molecule has 0 aliphatic carbocycles. The Labute approximate surface area is 123 Å². The van der Waals surface area contributed by atoms with Gasteiger partial charge in [0.2, 0.25) is 0 Å². The number of fused-ring (bicyclic) bond motifs is 1. The molecule has 0 saturated carbocycles. The van der Waals surface area contributed by atoms with Crippen molar-refractivity contribution in [2.75, 3.05) is 26.4 Å². The number of nitrogens with two attached hydrogens (primary N) is 1. The van der Waals surface area contributed by atoms with Crippen LogP contribution in [0, 0.1) is 0 Å². The van der Waals surface area contributed by atoms with Crippen LogP contribution < -0.4 is 16.0 Å². The van der Waals surface area contributed by atoms with Gasteiger partial charge < -0.3 is 14.2 Å². The Bertz CT molecular complexity index is 478. The van der Waals surface area contributed by atoms with Crippen molar-refractivity contribution in [2.45, 2.75) is 25.0 Å². The zero-order chi connectivity index (χ0) is 13.9. The molecule has 0 amide bonds. The van der Waals surface area contributed by atoms with E-state index in [2.05, 4.69) is 5.43 Å². The number of rotatable bonds is 4. The summed E-state index contributed by atoms with van der Waals surface area (Å²) in [6, 6.07) is 3.89. The van der Waals surface area contributed by atoms with Gasteiger partial charge in [0, 0.05) is 11.4 Å². The summed E-state index contributed by atoms with van der Waals surface area (Å²) in [4.78, 5) is 0. The van der Waals surface area contributed by atoms with Gasteiger partial charge in [-0.05, 0) is 29.7 Å². The van der Waals surface area contributed by atoms with Crippen molar-refractivity contribution in [3.8, 4) is 5.75 Å². The number of hydrogen-bond donors (Lipinski definition) is 2. The minimum Gasteiger partial charge on any atom is -0.493 e. The Hall–Kier alpha value is -0.850. The minimum absolute atomic E-state index is 0.0259. The Morgan fingerprint density at radius 3 is 3.00 bits per heavy atom. The van der Waals surface area contributed by atoms with E-state index in [9.17, 15) is 0 Å². The van der Waals surface area contributed by atoms with E-state index in [-0.39, 0.29) is 12.1 Å². The highest BCUT2D eigenvalue weighted by Crippen LogP contribution is 2.34. The highest BCUT2D eigenvalue weighted by molar-refractivity contribution is 6.30. The molecule has 2 heterocycles. The van der Waals surface area contributed by atoms with E-state index in [1.807, 2.05) is 12.1 Å². The quantitative estimate of drug-likeness (QED) is 0.643. The fraction of sp³-hybridized carbons (Fsp3) is 0.571. The topological polar surface area (TPSA) is 65.7 Å². The summed E-state index contributed by atoms with van der Waals surface area (Å²) in [6.45, 7) is 2.52. The first kappa shape index (κ1) is 14.1. The molecule has 1 aromatic rings. The summed E-state index contributed by atoms with van der Waals surface area (Å²) in [7, 11) is 0. The van der Waals surface area contributed by atoms with Crippen molar-refractivity contribution in [1.29, 1.82) is 0 Å². The first-order chi connectivity index (χ1) is 9.78. The molecular formula is C14H19ClN2O3. The zero-order valence-electron chi connectivity index (χ0n) is 11.2.